The van der Waals surface area contributed by atoms with Crippen LogP contribution in [-0.4, -0.2) is 26.5 Å². The van der Waals surface area contributed by atoms with Crippen molar-refractivity contribution in [2.24, 2.45) is 5.14 Å². The monoisotopic (exact) mass is 287 g/mol. The number of hydrogen-bond donors (Lipinski definition) is 1. The largest absolute Gasteiger partial charge is 0.296 e. The predicted molar refractivity (Wildman–Crippen MR) is 67.0 cm³/mol. The molecule has 8 nitrogen and oxygen atoms in total. The van der Waals surface area contributed by atoms with Crippen LogP contribution in [0.4, 0.5) is 11.4 Å². The maximum atomic E-state index is 11.2. The van der Waals surface area contributed by atoms with E-state index in [9.17, 15) is 18.5 Å². The van der Waals surface area contributed by atoms with E-state index >= 15 is 0 Å². The smallest absolute Gasteiger partial charge is 0.273 e. The zero-order valence-corrected chi connectivity index (χ0v) is 10.8. The summed E-state index contributed by atoms with van der Waals surface area (Å²) in [6, 6.07) is 3.52. The highest BCUT2D eigenvalue weighted by Crippen LogP contribution is 2.31. The van der Waals surface area contributed by atoms with E-state index in [0.29, 0.717) is 13.2 Å². The summed E-state index contributed by atoms with van der Waals surface area (Å²) in [6.45, 7) is 1.00. The van der Waals surface area contributed by atoms with Gasteiger partial charge < -0.3 is 0 Å². The van der Waals surface area contributed by atoms with Gasteiger partial charge in [0.2, 0.25) is 10.0 Å². The molecule has 1 aromatic carbocycles. The molecule has 1 aromatic rings. The Morgan fingerprint density at radius 2 is 2.11 bits per heavy atom. The molecule has 104 valence electrons. The van der Waals surface area contributed by atoms with Gasteiger partial charge in [-0.2, -0.15) is 0 Å². The molecular formula is C10H13N3O5S. The maximum absolute atomic E-state index is 11.2. The van der Waals surface area contributed by atoms with Gasteiger partial charge in [0, 0.05) is 12.6 Å². The molecule has 1 aliphatic rings. The van der Waals surface area contributed by atoms with Crippen molar-refractivity contribution in [1.82, 2.24) is 0 Å². The van der Waals surface area contributed by atoms with Gasteiger partial charge in [0.05, 0.1) is 16.4 Å². The first-order chi connectivity index (χ1) is 8.89. The molecule has 2 rings (SSSR count). The van der Waals surface area contributed by atoms with Crippen LogP contribution in [0.25, 0.3) is 0 Å². The van der Waals surface area contributed by atoms with E-state index < -0.39 is 14.9 Å². The van der Waals surface area contributed by atoms with E-state index in [2.05, 4.69) is 0 Å². The van der Waals surface area contributed by atoms with Crippen LogP contribution in [0.2, 0.25) is 0 Å². The quantitative estimate of drug-likeness (QED) is 0.648. The Morgan fingerprint density at radius 1 is 1.37 bits per heavy atom. The molecule has 0 aliphatic carbocycles. The SMILES string of the molecule is NS(=O)(=O)c1ccc(N2CCCCO2)c([N+](=O)[O-])c1. The van der Waals surface area contributed by atoms with Gasteiger partial charge in [-0.05, 0) is 25.0 Å². The summed E-state index contributed by atoms with van der Waals surface area (Å²) in [5.41, 5.74) is -0.106. The number of sulfonamides is 1. The lowest BCUT2D eigenvalue weighted by atomic mass is 10.2. The van der Waals surface area contributed by atoms with Crippen molar-refractivity contribution < 1.29 is 18.2 Å². The molecule has 1 aliphatic heterocycles. The molecule has 2 N–H and O–H groups in total. The molecule has 9 heteroatoms. The molecular weight excluding hydrogens is 274 g/mol. The van der Waals surface area contributed by atoms with Crippen molar-refractivity contribution >= 4 is 21.4 Å². The first-order valence-electron chi connectivity index (χ1n) is 5.61. The third-order valence-electron chi connectivity index (χ3n) is 2.74. The second kappa shape index (κ2) is 5.11. The van der Waals surface area contributed by atoms with Crippen molar-refractivity contribution in [2.75, 3.05) is 18.2 Å². The first kappa shape index (κ1) is 13.7. The Morgan fingerprint density at radius 3 is 2.63 bits per heavy atom. The number of nitro benzene ring substituents is 1. The predicted octanol–water partition coefficient (Wildman–Crippen LogP) is 0.774. The number of nitrogens with zero attached hydrogens (tertiary/aromatic N) is 2. The van der Waals surface area contributed by atoms with Crippen molar-refractivity contribution in [3.05, 3.63) is 28.3 Å². The van der Waals surface area contributed by atoms with Crippen LogP contribution in [-0.2, 0) is 14.9 Å². The molecule has 19 heavy (non-hydrogen) atoms. The van der Waals surface area contributed by atoms with Crippen LogP contribution in [0, 0.1) is 10.1 Å². The van der Waals surface area contributed by atoms with Gasteiger partial charge in [0.1, 0.15) is 5.69 Å². The standard InChI is InChI=1S/C10H13N3O5S/c11-19(16,17)8-3-4-9(10(7-8)13(14)15)12-5-1-2-6-18-12/h3-4,7H,1-2,5-6H2,(H2,11,16,17). The number of primary sulfonamides is 1. The van der Waals surface area contributed by atoms with E-state index in [4.69, 9.17) is 9.98 Å². The summed E-state index contributed by atoms with van der Waals surface area (Å²) in [4.78, 5) is 15.4. The Labute approximate surface area is 109 Å². The minimum Gasteiger partial charge on any atom is -0.273 e. The summed E-state index contributed by atoms with van der Waals surface area (Å²) in [5.74, 6) is 0. The fourth-order valence-corrected chi connectivity index (χ4v) is 2.36. The molecule has 0 atom stereocenters. The lowest BCUT2D eigenvalue weighted by Gasteiger charge is -2.27. The molecule has 0 bridgehead atoms. The van der Waals surface area contributed by atoms with Gasteiger partial charge in [0.25, 0.3) is 5.69 Å². The lowest BCUT2D eigenvalue weighted by molar-refractivity contribution is -0.384. The van der Waals surface area contributed by atoms with Crippen molar-refractivity contribution in [3.63, 3.8) is 0 Å². The first-order valence-corrected chi connectivity index (χ1v) is 7.16. The Balaban J connectivity index is 2.46. The maximum Gasteiger partial charge on any atom is 0.296 e. The zero-order valence-electron chi connectivity index (χ0n) is 9.98. The number of nitrogens with two attached hydrogens (primary N) is 1. The molecule has 0 aromatic heterocycles. The highest BCUT2D eigenvalue weighted by atomic mass is 32.2. The highest BCUT2D eigenvalue weighted by Gasteiger charge is 2.24. The lowest BCUT2D eigenvalue weighted by Crippen LogP contribution is -2.30. The van der Waals surface area contributed by atoms with Crippen LogP contribution in [0.1, 0.15) is 12.8 Å². The van der Waals surface area contributed by atoms with Crippen LogP contribution in [0.3, 0.4) is 0 Å². The summed E-state index contributed by atoms with van der Waals surface area (Å²) in [6.07, 6.45) is 1.74. The Kier molecular flexibility index (Phi) is 3.69. The van der Waals surface area contributed by atoms with Crippen LogP contribution >= 0.6 is 0 Å². The minimum atomic E-state index is -3.97. The van der Waals surface area contributed by atoms with Crippen molar-refractivity contribution in [2.45, 2.75) is 17.7 Å². The van der Waals surface area contributed by atoms with E-state index in [-0.39, 0.29) is 16.3 Å². The molecule has 0 radical (unpaired) electrons. The normalized spacial score (nSPS) is 16.4. The molecule has 1 heterocycles. The third-order valence-corrected chi connectivity index (χ3v) is 3.65. The van der Waals surface area contributed by atoms with Crippen LogP contribution in [0.5, 0.6) is 0 Å². The summed E-state index contributed by atoms with van der Waals surface area (Å²) < 4.78 is 22.4. The number of nitro groups is 1. The van der Waals surface area contributed by atoms with Crippen LogP contribution in [0.15, 0.2) is 23.1 Å². The van der Waals surface area contributed by atoms with Crippen molar-refractivity contribution in [3.8, 4) is 0 Å². The zero-order chi connectivity index (χ0) is 14.0. The number of anilines is 1. The molecule has 1 saturated heterocycles. The van der Waals surface area contributed by atoms with Gasteiger partial charge in [-0.15, -0.1) is 0 Å². The van der Waals surface area contributed by atoms with Gasteiger partial charge in [-0.3, -0.25) is 15.0 Å². The van der Waals surface area contributed by atoms with Gasteiger partial charge in [0.15, 0.2) is 0 Å². The number of hydroxylamine groups is 1. The number of hydrogen-bond acceptors (Lipinski definition) is 6. The second-order valence-corrected chi connectivity index (χ2v) is 5.66. The van der Waals surface area contributed by atoms with Gasteiger partial charge in [-0.25, -0.2) is 18.6 Å². The second-order valence-electron chi connectivity index (χ2n) is 4.10. The van der Waals surface area contributed by atoms with Gasteiger partial charge in [-0.1, -0.05) is 0 Å². The Bertz CT molecular complexity index is 595. The van der Waals surface area contributed by atoms with Crippen LogP contribution < -0.4 is 10.2 Å². The topological polar surface area (TPSA) is 116 Å². The molecule has 0 amide bonds. The van der Waals surface area contributed by atoms with E-state index in [0.717, 1.165) is 18.9 Å². The number of benzene rings is 1. The van der Waals surface area contributed by atoms with Crippen molar-refractivity contribution in [1.29, 1.82) is 0 Å². The van der Waals surface area contributed by atoms with E-state index in [1.807, 2.05) is 0 Å². The molecule has 1 fully saturated rings. The minimum absolute atomic E-state index is 0.233. The Hall–Kier alpha value is -1.71. The molecule has 0 unspecified atom stereocenters. The third kappa shape index (κ3) is 3.00. The summed E-state index contributed by atoms with van der Waals surface area (Å²) in [5, 5.41) is 17.4. The summed E-state index contributed by atoms with van der Waals surface area (Å²) >= 11 is 0. The fraction of sp³-hybridized carbons (Fsp3) is 0.400. The number of rotatable bonds is 3. The van der Waals surface area contributed by atoms with E-state index in [1.54, 1.807) is 0 Å². The highest BCUT2D eigenvalue weighted by molar-refractivity contribution is 7.89. The average molecular weight is 287 g/mol. The molecule has 0 spiro atoms. The fourth-order valence-electron chi connectivity index (χ4n) is 1.82. The molecule has 0 saturated carbocycles. The summed E-state index contributed by atoms with van der Waals surface area (Å²) in [7, 11) is -3.97. The average Bonchev–Trinajstić information content (AvgIpc) is 2.38. The van der Waals surface area contributed by atoms with E-state index in [1.165, 1.54) is 17.2 Å². The van der Waals surface area contributed by atoms with Gasteiger partial charge >= 0.3 is 0 Å².